The SMILES string of the molecule is O=C(c1ccc(CO)cc1)N1CCOc2ccc(-c3ccc4c(c3)OCO4)cc2C1. The van der Waals surface area contributed by atoms with Crippen LogP contribution in [0.4, 0.5) is 0 Å². The molecule has 2 aliphatic rings. The van der Waals surface area contributed by atoms with Crippen LogP contribution in [-0.2, 0) is 13.2 Å². The van der Waals surface area contributed by atoms with E-state index >= 15 is 0 Å². The number of hydrogen-bond acceptors (Lipinski definition) is 5. The molecule has 1 amide bonds. The maximum Gasteiger partial charge on any atom is 0.254 e. The molecule has 0 saturated carbocycles. The van der Waals surface area contributed by atoms with Crippen LogP contribution in [-0.4, -0.2) is 35.9 Å². The Labute approximate surface area is 174 Å². The average molecular weight is 403 g/mol. The van der Waals surface area contributed by atoms with Crippen molar-refractivity contribution in [2.75, 3.05) is 19.9 Å². The molecule has 3 aromatic carbocycles. The summed E-state index contributed by atoms with van der Waals surface area (Å²) in [5.41, 5.74) is 4.39. The molecule has 0 spiro atoms. The topological polar surface area (TPSA) is 68.2 Å². The van der Waals surface area contributed by atoms with E-state index in [9.17, 15) is 9.90 Å². The first-order chi connectivity index (χ1) is 14.7. The minimum Gasteiger partial charge on any atom is -0.491 e. The fraction of sp³-hybridized carbons (Fsp3) is 0.208. The third kappa shape index (κ3) is 3.46. The Morgan fingerprint density at radius 1 is 0.867 bits per heavy atom. The summed E-state index contributed by atoms with van der Waals surface area (Å²) in [6.07, 6.45) is 0. The van der Waals surface area contributed by atoms with Gasteiger partial charge >= 0.3 is 0 Å². The van der Waals surface area contributed by atoms with Crippen molar-refractivity contribution in [2.24, 2.45) is 0 Å². The van der Waals surface area contributed by atoms with Gasteiger partial charge in [-0.05, 0) is 53.1 Å². The molecule has 3 aromatic rings. The molecule has 0 bridgehead atoms. The lowest BCUT2D eigenvalue weighted by Crippen LogP contribution is -2.32. The number of carbonyl (C=O) groups excluding carboxylic acids is 1. The summed E-state index contributed by atoms with van der Waals surface area (Å²) >= 11 is 0. The number of carbonyl (C=O) groups is 1. The molecule has 0 aromatic heterocycles. The first kappa shape index (κ1) is 18.5. The van der Waals surface area contributed by atoms with Crippen molar-refractivity contribution in [3.63, 3.8) is 0 Å². The van der Waals surface area contributed by atoms with E-state index in [2.05, 4.69) is 6.07 Å². The van der Waals surface area contributed by atoms with E-state index in [1.807, 2.05) is 30.3 Å². The van der Waals surface area contributed by atoms with Crippen LogP contribution in [0, 0.1) is 0 Å². The number of benzene rings is 3. The fourth-order valence-corrected chi connectivity index (χ4v) is 3.76. The van der Waals surface area contributed by atoms with Gasteiger partial charge in [0, 0.05) is 17.7 Å². The van der Waals surface area contributed by atoms with Crippen molar-refractivity contribution in [1.29, 1.82) is 0 Å². The monoisotopic (exact) mass is 403 g/mol. The fourth-order valence-electron chi connectivity index (χ4n) is 3.76. The molecule has 0 fully saturated rings. The van der Waals surface area contributed by atoms with E-state index < -0.39 is 0 Å². The molecule has 6 heteroatoms. The van der Waals surface area contributed by atoms with E-state index in [1.165, 1.54) is 0 Å². The van der Waals surface area contributed by atoms with Gasteiger partial charge in [0.25, 0.3) is 5.91 Å². The molecule has 30 heavy (non-hydrogen) atoms. The van der Waals surface area contributed by atoms with E-state index in [1.54, 1.807) is 29.2 Å². The van der Waals surface area contributed by atoms with E-state index in [0.717, 1.165) is 39.5 Å². The van der Waals surface area contributed by atoms with E-state index in [4.69, 9.17) is 14.2 Å². The van der Waals surface area contributed by atoms with Crippen LogP contribution in [0.15, 0.2) is 60.7 Å². The van der Waals surface area contributed by atoms with Gasteiger partial charge in [0.2, 0.25) is 6.79 Å². The highest BCUT2D eigenvalue weighted by molar-refractivity contribution is 5.94. The van der Waals surface area contributed by atoms with Gasteiger partial charge in [-0.15, -0.1) is 0 Å². The van der Waals surface area contributed by atoms with Gasteiger partial charge in [-0.25, -0.2) is 0 Å². The number of rotatable bonds is 3. The Morgan fingerprint density at radius 2 is 1.60 bits per heavy atom. The van der Waals surface area contributed by atoms with Gasteiger partial charge in [-0.3, -0.25) is 4.79 Å². The van der Waals surface area contributed by atoms with Crippen LogP contribution in [0.5, 0.6) is 17.2 Å². The second-order valence-electron chi connectivity index (χ2n) is 7.32. The third-order valence-corrected chi connectivity index (χ3v) is 5.42. The first-order valence-corrected chi connectivity index (χ1v) is 9.86. The molecule has 0 aliphatic carbocycles. The predicted molar refractivity (Wildman–Crippen MR) is 111 cm³/mol. The number of ether oxygens (including phenoxy) is 3. The van der Waals surface area contributed by atoms with Crippen molar-refractivity contribution < 1.29 is 24.1 Å². The normalized spacial score (nSPS) is 14.6. The molecule has 2 aliphatic heterocycles. The number of aliphatic hydroxyl groups is 1. The number of amides is 1. The molecule has 5 rings (SSSR count). The van der Waals surface area contributed by atoms with Gasteiger partial charge in [-0.2, -0.15) is 0 Å². The second-order valence-corrected chi connectivity index (χ2v) is 7.32. The minimum atomic E-state index is -0.0515. The van der Waals surface area contributed by atoms with Gasteiger partial charge in [0.1, 0.15) is 12.4 Å². The Kier molecular flexibility index (Phi) is 4.77. The molecule has 0 radical (unpaired) electrons. The lowest BCUT2D eigenvalue weighted by molar-refractivity contribution is 0.0733. The van der Waals surface area contributed by atoms with Crippen molar-refractivity contribution in [1.82, 2.24) is 4.90 Å². The predicted octanol–water partition coefficient (Wildman–Crippen LogP) is 3.61. The zero-order chi connectivity index (χ0) is 20.5. The van der Waals surface area contributed by atoms with Crippen molar-refractivity contribution >= 4 is 5.91 Å². The summed E-state index contributed by atoms with van der Waals surface area (Å²) in [5.74, 6) is 2.23. The quantitative estimate of drug-likeness (QED) is 0.724. The van der Waals surface area contributed by atoms with Crippen LogP contribution in [0.2, 0.25) is 0 Å². The van der Waals surface area contributed by atoms with Crippen molar-refractivity contribution in [3.05, 3.63) is 77.4 Å². The van der Waals surface area contributed by atoms with Gasteiger partial charge in [0.15, 0.2) is 11.5 Å². The largest absolute Gasteiger partial charge is 0.491 e. The molecule has 152 valence electrons. The Bertz CT molecular complexity index is 1090. The van der Waals surface area contributed by atoms with Crippen LogP contribution >= 0.6 is 0 Å². The average Bonchev–Trinajstić information content (AvgIpc) is 3.16. The van der Waals surface area contributed by atoms with E-state index in [-0.39, 0.29) is 19.3 Å². The van der Waals surface area contributed by atoms with Crippen LogP contribution < -0.4 is 14.2 Å². The maximum atomic E-state index is 13.0. The third-order valence-electron chi connectivity index (χ3n) is 5.42. The first-order valence-electron chi connectivity index (χ1n) is 9.86. The number of hydrogen-bond donors (Lipinski definition) is 1. The Hall–Kier alpha value is -3.51. The van der Waals surface area contributed by atoms with Crippen LogP contribution in [0.1, 0.15) is 21.5 Å². The summed E-state index contributed by atoms with van der Waals surface area (Å²) in [4.78, 5) is 14.8. The lowest BCUT2D eigenvalue weighted by atomic mass is 10.0. The van der Waals surface area contributed by atoms with Gasteiger partial charge in [-0.1, -0.05) is 24.3 Å². The molecule has 6 nitrogen and oxygen atoms in total. The summed E-state index contributed by atoms with van der Waals surface area (Å²) < 4.78 is 16.8. The van der Waals surface area contributed by atoms with Crippen molar-refractivity contribution in [3.8, 4) is 28.4 Å². The molecule has 2 heterocycles. The molecule has 0 atom stereocenters. The standard InChI is InChI=1S/C24H21NO5/c26-14-16-1-3-17(4-2-16)24(27)25-9-10-28-21-7-5-18(11-20(21)13-25)19-6-8-22-23(12-19)30-15-29-22/h1-8,11-12,26H,9-10,13-15H2. The van der Waals surface area contributed by atoms with Gasteiger partial charge < -0.3 is 24.2 Å². The lowest BCUT2D eigenvalue weighted by Gasteiger charge is -2.20. The zero-order valence-corrected chi connectivity index (χ0v) is 16.3. The highest BCUT2D eigenvalue weighted by Gasteiger charge is 2.22. The zero-order valence-electron chi connectivity index (χ0n) is 16.3. The Balaban J connectivity index is 1.42. The summed E-state index contributed by atoms with van der Waals surface area (Å²) in [6.45, 7) is 1.62. The second kappa shape index (κ2) is 7.72. The smallest absolute Gasteiger partial charge is 0.254 e. The Morgan fingerprint density at radius 3 is 2.40 bits per heavy atom. The van der Waals surface area contributed by atoms with Gasteiger partial charge in [0.05, 0.1) is 13.2 Å². The molecular weight excluding hydrogens is 382 g/mol. The minimum absolute atomic E-state index is 0.0396. The molecule has 0 saturated heterocycles. The highest BCUT2D eigenvalue weighted by atomic mass is 16.7. The number of nitrogens with zero attached hydrogens (tertiary/aromatic N) is 1. The number of fused-ring (bicyclic) bond motifs is 2. The maximum absolute atomic E-state index is 13.0. The van der Waals surface area contributed by atoms with Crippen LogP contribution in [0.3, 0.4) is 0 Å². The van der Waals surface area contributed by atoms with E-state index in [0.29, 0.717) is 25.3 Å². The molecule has 1 N–H and O–H groups in total. The summed E-state index contributed by atoms with van der Waals surface area (Å²) in [6, 6.07) is 19.0. The molecular formula is C24H21NO5. The highest BCUT2D eigenvalue weighted by Crippen LogP contribution is 2.37. The van der Waals surface area contributed by atoms with Crippen LogP contribution in [0.25, 0.3) is 11.1 Å². The summed E-state index contributed by atoms with van der Waals surface area (Å²) in [7, 11) is 0. The molecule has 0 unspecified atom stereocenters. The summed E-state index contributed by atoms with van der Waals surface area (Å²) in [5, 5.41) is 9.21. The number of aliphatic hydroxyl groups excluding tert-OH is 1. The van der Waals surface area contributed by atoms with Crippen molar-refractivity contribution in [2.45, 2.75) is 13.2 Å².